The first-order chi connectivity index (χ1) is 4.91. The molecule has 0 bridgehead atoms. The molecule has 0 amide bonds. The van der Waals surface area contributed by atoms with Crippen molar-refractivity contribution in [3.63, 3.8) is 0 Å². The van der Waals surface area contributed by atoms with Gasteiger partial charge in [0.2, 0.25) is 0 Å². The molecule has 0 saturated heterocycles. The summed E-state index contributed by atoms with van der Waals surface area (Å²) in [4.78, 5) is 0. The minimum Gasteiger partial charge on any atom is -1.00 e. The fourth-order valence-corrected chi connectivity index (χ4v) is 0.925. The molecule has 0 aliphatic rings. The van der Waals surface area contributed by atoms with Crippen molar-refractivity contribution in [2.45, 2.75) is 45.4 Å². The van der Waals surface area contributed by atoms with Gasteiger partial charge in [-0.25, -0.2) is 0 Å². The van der Waals surface area contributed by atoms with Crippen LogP contribution in [0.2, 0.25) is 0 Å². The summed E-state index contributed by atoms with van der Waals surface area (Å²) in [5.41, 5.74) is 0. The Labute approximate surface area is 104 Å². The van der Waals surface area contributed by atoms with Crippen molar-refractivity contribution in [2.24, 2.45) is 0 Å². The van der Waals surface area contributed by atoms with Crippen LogP contribution < -0.4 is 17.0 Å². The third kappa shape index (κ3) is 17.2. The van der Waals surface area contributed by atoms with Gasteiger partial charge in [0.1, 0.15) is 0 Å². The molecule has 68 valence electrons. The fraction of sp³-hybridized carbons (Fsp3) is 0.700. The van der Waals surface area contributed by atoms with Gasteiger partial charge in [-0.3, -0.25) is 0 Å². The van der Waals surface area contributed by atoms with Gasteiger partial charge in [-0.05, 0) is 12.8 Å². The molecule has 0 atom stereocenters. The van der Waals surface area contributed by atoms with Gasteiger partial charge in [-0.15, -0.1) is 6.08 Å². The second-order valence-electron chi connectivity index (χ2n) is 2.61. The van der Waals surface area contributed by atoms with Crippen LogP contribution in [-0.4, -0.2) is 23.1 Å². The van der Waals surface area contributed by atoms with Crippen LogP contribution in [0.15, 0.2) is 12.2 Å². The van der Waals surface area contributed by atoms with Crippen molar-refractivity contribution < 1.29 is 17.0 Å². The smallest absolute Gasteiger partial charge is 1.00 e. The first-order valence-corrected chi connectivity index (χ1v) is 4.36. The predicted molar refractivity (Wildman–Crippen MR) is 53.6 cm³/mol. The van der Waals surface area contributed by atoms with Crippen LogP contribution >= 0.6 is 0 Å². The minimum atomic E-state index is 0. The second-order valence-corrected chi connectivity index (χ2v) is 2.61. The Balaban J connectivity index is -0.000000405. The van der Waals surface area contributed by atoms with Crippen LogP contribution in [0.4, 0.5) is 0 Å². The molecule has 0 heterocycles. The molecule has 0 nitrogen and oxygen atoms in total. The third-order valence-electron chi connectivity index (χ3n) is 1.56. The summed E-state index contributed by atoms with van der Waals surface area (Å²) in [7, 11) is 0. The summed E-state index contributed by atoms with van der Waals surface area (Å²) >= 11 is 0. The summed E-state index contributed by atoms with van der Waals surface area (Å²) in [6, 6.07) is 0. The summed E-state index contributed by atoms with van der Waals surface area (Å²) in [6.45, 7) is 5.97. The number of allylic oxidation sites excluding steroid dienone is 2. The van der Waals surface area contributed by atoms with Crippen molar-refractivity contribution in [2.75, 3.05) is 0 Å². The van der Waals surface area contributed by atoms with Crippen LogP contribution in [0.25, 0.3) is 0 Å². The fourth-order valence-electron chi connectivity index (χ4n) is 0.925. The van der Waals surface area contributed by atoms with Crippen LogP contribution in [0, 0.1) is 6.92 Å². The molecule has 0 aliphatic carbocycles. The van der Waals surface area contributed by atoms with E-state index < -0.39 is 0 Å². The molecule has 0 spiro atoms. The Morgan fingerprint density at radius 3 is 2.25 bits per heavy atom. The number of hydrogen-bond acceptors (Lipinski definition) is 0. The van der Waals surface area contributed by atoms with Crippen LogP contribution in [-0.2, 0) is 0 Å². The van der Waals surface area contributed by atoms with E-state index in [9.17, 15) is 0 Å². The van der Waals surface area contributed by atoms with E-state index >= 15 is 0 Å². The van der Waals surface area contributed by atoms with Crippen molar-refractivity contribution >= 4 is 23.1 Å². The molecule has 2 heteroatoms. The summed E-state index contributed by atoms with van der Waals surface area (Å²) in [5.74, 6) is 0. The van der Waals surface area contributed by atoms with E-state index in [-0.39, 0.29) is 40.0 Å². The summed E-state index contributed by atoms with van der Waals surface area (Å²) in [5, 5.41) is 0. The largest absolute Gasteiger partial charge is 2.00 e. The first kappa shape index (κ1) is 18.7. The van der Waals surface area contributed by atoms with Crippen molar-refractivity contribution in [3.05, 3.63) is 19.1 Å². The molecule has 0 rings (SSSR count). The van der Waals surface area contributed by atoms with Crippen LogP contribution in [0.5, 0.6) is 0 Å². The Morgan fingerprint density at radius 2 is 1.75 bits per heavy atom. The molecular weight excluding hydrogens is 224 g/mol. The number of rotatable bonds is 6. The summed E-state index contributed by atoms with van der Waals surface area (Å²) in [6.07, 6.45) is 12.0. The maximum absolute atomic E-state index is 3.73. The molecule has 0 saturated carbocycles. The van der Waals surface area contributed by atoms with Gasteiger partial charge >= 0.3 is 23.1 Å². The zero-order chi connectivity index (χ0) is 7.66. The van der Waals surface area contributed by atoms with E-state index in [0.717, 1.165) is 6.42 Å². The molecule has 0 fully saturated rings. The SMILES string of the molecule is [Br-].[CH2-]C/C=C\CCCCCC.[Mg+2]. The molecule has 12 heavy (non-hydrogen) atoms. The normalized spacial score (nSPS) is 9.17. The average molecular weight is 243 g/mol. The monoisotopic (exact) mass is 242 g/mol. The van der Waals surface area contributed by atoms with Crippen molar-refractivity contribution in [3.8, 4) is 0 Å². The maximum Gasteiger partial charge on any atom is 2.00 e. The van der Waals surface area contributed by atoms with E-state index in [1.54, 1.807) is 0 Å². The van der Waals surface area contributed by atoms with Gasteiger partial charge in [0.25, 0.3) is 0 Å². The van der Waals surface area contributed by atoms with Gasteiger partial charge in [-0.1, -0.05) is 32.3 Å². The van der Waals surface area contributed by atoms with Crippen LogP contribution in [0.1, 0.15) is 45.4 Å². The minimum absolute atomic E-state index is 0. The first-order valence-electron chi connectivity index (χ1n) is 4.36. The number of unbranched alkanes of at least 4 members (excludes halogenated alkanes) is 4. The van der Waals surface area contributed by atoms with Gasteiger partial charge in [0.05, 0.1) is 0 Å². The zero-order valence-corrected chi connectivity index (χ0v) is 11.2. The van der Waals surface area contributed by atoms with Gasteiger partial charge in [0, 0.05) is 0 Å². The Kier molecular flexibility index (Phi) is 27.9. The predicted octanol–water partition coefficient (Wildman–Crippen LogP) is 0.360. The molecule has 0 N–H and O–H groups in total. The van der Waals surface area contributed by atoms with E-state index in [0.29, 0.717) is 0 Å². The quantitative estimate of drug-likeness (QED) is 0.273. The van der Waals surface area contributed by atoms with E-state index in [2.05, 4.69) is 26.0 Å². The van der Waals surface area contributed by atoms with Crippen molar-refractivity contribution in [1.82, 2.24) is 0 Å². The zero-order valence-electron chi connectivity index (χ0n) is 8.19. The molecule has 0 unspecified atom stereocenters. The third-order valence-corrected chi connectivity index (χ3v) is 1.56. The molecule has 0 aliphatic heterocycles. The standard InChI is InChI=1S/C10H19.BrH.Mg/c1-3-5-7-9-10-8-6-4-2;;/h5,7H,1,3-4,6,8-10H2,2H3;1H;/q-1;;+2/p-1/b7-5-;;. The number of hydrogen-bond donors (Lipinski definition) is 0. The molecular formula is C10H19BrMg. The average Bonchev–Trinajstić information content (AvgIpc) is 1.97. The van der Waals surface area contributed by atoms with E-state index in [1.807, 2.05) is 0 Å². The van der Waals surface area contributed by atoms with Crippen molar-refractivity contribution in [1.29, 1.82) is 0 Å². The molecule has 0 aromatic rings. The Morgan fingerprint density at radius 1 is 1.08 bits per heavy atom. The molecule has 0 aromatic heterocycles. The summed E-state index contributed by atoms with van der Waals surface area (Å²) < 4.78 is 0. The van der Waals surface area contributed by atoms with E-state index in [4.69, 9.17) is 0 Å². The Bertz CT molecular complexity index is 81.9. The van der Waals surface area contributed by atoms with Gasteiger partial charge in [-0.2, -0.15) is 6.42 Å². The maximum atomic E-state index is 3.73. The molecule has 0 aromatic carbocycles. The van der Waals surface area contributed by atoms with Crippen LogP contribution in [0.3, 0.4) is 0 Å². The molecule has 0 radical (unpaired) electrons. The van der Waals surface area contributed by atoms with E-state index in [1.165, 1.54) is 32.1 Å². The second kappa shape index (κ2) is 17.9. The van der Waals surface area contributed by atoms with Gasteiger partial charge in [0.15, 0.2) is 0 Å². The van der Waals surface area contributed by atoms with Gasteiger partial charge < -0.3 is 23.9 Å². The Hall–Kier alpha value is 0.986. The topological polar surface area (TPSA) is 0 Å². The number of halogens is 1.